The van der Waals surface area contributed by atoms with Gasteiger partial charge in [-0.05, 0) is 74.7 Å². The van der Waals surface area contributed by atoms with Crippen LogP contribution in [-0.4, -0.2) is 25.8 Å². The fourth-order valence-electron chi connectivity index (χ4n) is 2.42. The molecular weight excluding hydrogens is 324 g/mol. The maximum Gasteiger partial charge on any atom is 0.119 e. The van der Waals surface area contributed by atoms with Gasteiger partial charge >= 0.3 is 0 Å². The lowest BCUT2D eigenvalue weighted by Gasteiger charge is -2.12. The minimum absolute atomic E-state index is 0.199. The van der Waals surface area contributed by atoms with Crippen LogP contribution in [0.1, 0.15) is 34.1 Å². The van der Waals surface area contributed by atoms with Crippen LogP contribution in [0.4, 0.5) is 11.4 Å². The molecule has 4 nitrogen and oxygen atoms in total. The summed E-state index contributed by atoms with van der Waals surface area (Å²) in [7, 11) is 0. The first-order valence-corrected chi connectivity index (χ1v) is 9.50. The molecule has 0 amide bonds. The zero-order valence-corrected chi connectivity index (χ0v) is 16.4. The van der Waals surface area contributed by atoms with Crippen molar-refractivity contribution in [3.05, 3.63) is 48.5 Å². The molecule has 2 aromatic rings. The van der Waals surface area contributed by atoms with Gasteiger partial charge in [-0.25, -0.2) is 0 Å². The molecule has 0 aliphatic carbocycles. The summed E-state index contributed by atoms with van der Waals surface area (Å²) in [5.41, 5.74) is 2.19. The molecule has 0 bridgehead atoms. The molecular formula is C22H32N2O2. The Kier molecular flexibility index (Phi) is 8.13. The van der Waals surface area contributed by atoms with E-state index in [-0.39, 0.29) is 6.10 Å². The van der Waals surface area contributed by atoms with E-state index in [1.165, 1.54) is 0 Å². The van der Waals surface area contributed by atoms with Crippen LogP contribution in [0, 0.1) is 5.92 Å². The van der Waals surface area contributed by atoms with Crippen LogP contribution in [0.3, 0.4) is 0 Å². The van der Waals surface area contributed by atoms with E-state index in [0.717, 1.165) is 49.0 Å². The summed E-state index contributed by atoms with van der Waals surface area (Å²) in [6.07, 6.45) is 1.28. The largest absolute Gasteiger partial charge is 0.494 e. The Hall–Kier alpha value is -2.36. The van der Waals surface area contributed by atoms with E-state index in [1.54, 1.807) is 0 Å². The van der Waals surface area contributed by atoms with Gasteiger partial charge in [-0.2, -0.15) is 0 Å². The van der Waals surface area contributed by atoms with E-state index >= 15 is 0 Å². The summed E-state index contributed by atoms with van der Waals surface area (Å²) in [4.78, 5) is 0. The fraction of sp³-hybridized carbons (Fsp3) is 0.455. The molecule has 2 N–H and O–H groups in total. The first-order valence-electron chi connectivity index (χ1n) is 9.50. The first-order chi connectivity index (χ1) is 12.5. The lowest BCUT2D eigenvalue weighted by atomic mass is 10.1. The van der Waals surface area contributed by atoms with Crippen LogP contribution in [0.25, 0.3) is 0 Å². The third-order valence-electron chi connectivity index (χ3n) is 3.83. The van der Waals surface area contributed by atoms with Crippen LogP contribution in [-0.2, 0) is 0 Å². The van der Waals surface area contributed by atoms with Crippen molar-refractivity contribution in [3.8, 4) is 11.5 Å². The van der Waals surface area contributed by atoms with E-state index in [0.29, 0.717) is 5.92 Å². The average molecular weight is 357 g/mol. The molecule has 0 aliphatic rings. The van der Waals surface area contributed by atoms with Crippen LogP contribution in [0.5, 0.6) is 11.5 Å². The standard InChI is InChI=1S/C22H32N2O2/c1-17(2)13-16-25-21-9-5-19(6-10-21)23-14-15-24-20-7-11-22(12-8-20)26-18(3)4/h5-12,17-18,23-24H,13-16H2,1-4H3. The van der Waals surface area contributed by atoms with Crippen molar-refractivity contribution >= 4 is 11.4 Å². The molecule has 0 saturated heterocycles. The first kappa shape index (κ1) is 20.0. The molecule has 2 rings (SSSR count). The number of hydrogen-bond donors (Lipinski definition) is 2. The molecule has 0 heterocycles. The summed E-state index contributed by atoms with van der Waals surface area (Å²) < 4.78 is 11.4. The molecule has 142 valence electrons. The van der Waals surface area contributed by atoms with Crippen molar-refractivity contribution in [1.29, 1.82) is 0 Å². The summed E-state index contributed by atoms with van der Waals surface area (Å²) >= 11 is 0. The van der Waals surface area contributed by atoms with Gasteiger partial charge in [-0.3, -0.25) is 0 Å². The van der Waals surface area contributed by atoms with Gasteiger partial charge in [0.15, 0.2) is 0 Å². The molecule has 0 aromatic heterocycles. The second kappa shape index (κ2) is 10.6. The fourth-order valence-corrected chi connectivity index (χ4v) is 2.42. The molecule has 2 aromatic carbocycles. The summed E-state index contributed by atoms with van der Waals surface area (Å²) in [5, 5.41) is 6.81. The van der Waals surface area contributed by atoms with E-state index in [4.69, 9.17) is 9.47 Å². The van der Waals surface area contributed by atoms with Gasteiger partial charge in [0.05, 0.1) is 12.7 Å². The van der Waals surface area contributed by atoms with Crippen molar-refractivity contribution in [2.24, 2.45) is 5.92 Å². The molecule has 0 radical (unpaired) electrons. The van der Waals surface area contributed by atoms with Crippen molar-refractivity contribution in [2.75, 3.05) is 30.3 Å². The third kappa shape index (κ3) is 7.68. The highest BCUT2D eigenvalue weighted by molar-refractivity contribution is 5.48. The van der Waals surface area contributed by atoms with Crippen LogP contribution >= 0.6 is 0 Å². The van der Waals surface area contributed by atoms with Gasteiger partial charge in [-0.1, -0.05) is 13.8 Å². The lowest BCUT2D eigenvalue weighted by Crippen LogP contribution is -2.13. The van der Waals surface area contributed by atoms with Crippen LogP contribution in [0.2, 0.25) is 0 Å². The maximum absolute atomic E-state index is 5.74. The topological polar surface area (TPSA) is 42.5 Å². The maximum atomic E-state index is 5.74. The predicted octanol–water partition coefficient (Wildman–Crippen LogP) is 5.42. The van der Waals surface area contributed by atoms with Gasteiger partial charge in [0.2, 0.25) is 0 Å². The number of benzene rings is 2. The molecule has 0 atom stereocenters. The van der Waals surface area contributed by atoms with E-state index in [1.807, 2.05) is 50.2 Å². The number of nitrogens with one attached hydrogen (secondary N) is 2. The highest BCUT2D eigenvalue weighted by atomic mass is 16.5. The molecule has 0 saturated carbocycles. The average Bonchev–Trinajstić information content (AvgIpc) is 2.60. The Balaban J connectivity index is 1.66. The number of anilines is 2. The number of ether oxygens (including phenoxy) is 2. The molecule has 0 unspecified atom stereocenters. The highest BCUT2D eigenvalue weighted by Gasteiger charge is 1.99. The Morgan fingerprint density at radius 1 is 0.731 bits per heavy atom. The summed E-state index contributed by atoms with van der Waals surface area (Å²) in [6.45, 7) is 10.9. The van der Waals surface area contributed by atoms with Gasteiger partial charge in [0.25, 0.3) is 0 Å². The molecule has 0 aliphatic heterocycles. The quantitative estimate of drug-likeness (QED) is 0.527. The number of hydrogen-bond acceptors (Lipinski definition) is 4. The molecule has 26 heavy (non-hydrogen) atoms. The van der Waals surface area contributed by atoms with E-state index < -0.39 is 0 Å². The van der Waals surface area contributed by atoms with Crippen molar-refractivity contribution < 1.29 is 9.47 Å². The summed E-state index contributed by atoms with van der Waals surface area (Å²) in [6, 6.07) is 16.2. The van der Waals surface area contributed by atoms with Crippen molar-refractivity contribution in [3.63, 3.8) is 0 Å². The van der Waals surface area contributed by atoms with Gasteiger partial charge in [0.1, 0.15) is 11.5 Å². The second-order valence-electron chi connectivity index (χ2n) is 7.10. The zero-order chi connectivity index (χ0) is 18.8. The number of rotatable bonds is 11. The van der Waals surface area contributed by atoms with Gasteiger partial charge < -0.3 is 20.1 Å². The van der Waals surface area contributed by atoms with E-state index in [9.17, 15) is 0 Å². The van der Waals surface area contributed by atoms with Crippen LogP contribution in [0.15, 0.2) is 48.5 Å². The smallest absolute Gasteiger partial charge is 0.119 e. The Labute approximate surface area is 157 Å². The summed E-state index contributed by atoms with van der Waals surface area (Å²) in [5.74, 6) is 2.50. The van der Waals surface area contributed by atoms with Crippen molar-refractivity contribution in [2.45, 2.75) is 40.2 Å². The molecule has 0 spiro atoms. The SMILES string of the molecule is CC(C)CCOc1ccc(NCCNc2ccc(OC(C)C)cc2)cc1. The minimum Gasteiger partial charge on any atom is -0.494 e. The molecule has 0 fully saturated rings. The van der Waals surface area contributed by atoms with Gasteiger partial charge in [-0.15, -0.1) is 0 Å². The lowest BCUT2D eigenvalue weighted by molar-refractivity contribution is 0.242. The molecule has 4 heteroatoms. The Morgan fingerprint density at radius 3 is 1.69 bits per heavy atom. The van der Waals surface area contributed by atoms with Gasteiger partial charge in [0, 0.05) is 24.5 Å². The predicted molar refractivity (Wildman–Crippen MR) is 111 cm³/mol. The second-order valence-corrected chi connectivity index (χ2v) is 7.10. The van der Waals surface area contributed by atoms with Crippen molar-refractivity contribution in [1.82, 2.24) is 0 Å². The van der Waals surface area contributed by atoms with Crippen LogP contribution < -0.4 is 20.1 Å². The Morgan fingerprint density at radius 2 is 1.23 bits per heavy atom. The Bertz CT molecular complexity index is 622. The normalized spacial score (nSPS) is 10.8. The highest BCUT2D eigenvalue weighted by Crippen LogP contribution is 2.18. The minimum atomic E-state index is 0.199. The monoisotopic (exact) mass is 356 g/mol. The van der Waals surface area contributed by atoms with E-state index in [2.05, 4.69) is 36.6 Å². The third-order valence-corrected chi connectivity index (χ3v) is 3.83. The zero-order valence-electron chi connectivity index (χ0n) is 16.4.